The highest BCUT2D eigenvalue weighted by Crippen LogP contribution is 2.26. The molecule has 0 amide bonds. The second kappa shape index (κ2) is 10.7. The first-order valence-electron chi connectivity index (χ1n) is 6.48. The van der Waals surface area contributed by atoms with Gasteiger partial charge in [-0.2, -0.15) is 0 Å². The predicted molar refractivity (Wildman–Crippen MR) is 71.1 cm³/mol. The lowest BCUT2D eigenvalue weighted by molar-refractivity contribution is -0.148. The Morgan fingerprint density at radius 1 is 0.900 bits per heavy atom. The van der Waals surface area contributed by atoms with Gasteiger partial charge in [0.2, 0.25) is 0 Å². The summed E-state index contributed by atoms with van der Waals surface area (Å²) in [6, 6.07) is 0. The molecule has 0 saturated carbocycles. The van der Waals surface area contributed by atoms with Crippen molar-refractivity contribution in [2.24, 2.45) is 11.8 Å². The van der Waals surface area contributed by atoms with Crippen LogP contribution in [0, 0.1) is 11.8 Å². The summed E-state index contributed by atoms with van der Waals surface area (Å²) >= 11 is 0. The molecule has 0 aliphatic carbocycles. The molecule has 0 aliphatic rings. The maximum atomic E-state index is 11.4. The lowest BCUT2D eigenvalue weighted by atomic mass is 10.2. The molecule has 20 heavy (non-hydrogen) atoms. The summed E-state index contributed by atoms with van der Waals surface area (Å²) < 4.78 is 30.8. The normalized spacial score (nSPS) is 14.3. The van der Waals surface area contributed by atoms with Gasteiger partial charge < -0.3 is 9.47 Å². The van der Waals surface area contributed by atoms with Crippen molar-refractivity contribution in [1.82, 2.24) is 0 Å². The van der Waals surface area contributed by atoms with E-state index in [1.807, 2.05) is 0 Å². The van der Waals surface area contributed by atoms with Gasteiger partial charge in [-0.1, -0.05) is 0 Å². The standard InChI is InChI=1S/C12H22O7P/c1-5-16-11(13)9(3)7-18-20(15)19-8-10(4)12(14)17-6-2/h9-10H,5-8H2,1-4H3/q+1. The van der Waals surface area contributed by atoms with Crippen LogP contribution in [0.4, 0.5) is 0 Å². The van der Waals surface area contributed by atoms with Gasteiger partial charge in [0.1, 0.15) is 13.2 Å². The van der Waals surface area contributed by atoms with Gasteiger partial charge in [0.05, 0.1) is 25.0 Å². The van der Waals surface area contributed by atoms with Crippen LogP contribution in [-0.4, -0.2) is 38.4 Å². The van der Waals surface area contributed by atoms with Gasteiger partial charge in [0, 0.05) is 4.57 Å². The molecule has 0 rings (SSSR count). The molecule has 2 atom stereocenters. The number of carbonyl (C=O) groups excluding carboxylic acids is 2. The second-order valence-electron chi connectivity index (χ2n) is 4.12. The largest absolute Gasteiger partial charge is 0.697 e. The minimum atomic E-state index is -2.38. The lowest BCUT2D eigenvalue weighted by Gasteiger charge is -2.07. The van der Waals surface area contributed by atoms with Crippen LogP contribution in [0.5, 0.6) is 0 Å². The Hall–Kier alpha value is -1.04. The summed E-state index contributed by atoms with van der Waals surface area (Å²) in [5.74, 6) is -1.90. The van der Waals surface area contributed by atoms with E-state index < -0.39 is 32.0 Å². The number of ether oxygens (including phenoxy) is 2. The smallest absolute Gasteiger partial charge is 0.466 e. The van der Waals surface area contributed by atoms with E-state index in [2.05, 4.69) is 0 Å². The summed E-state index contributed by atoms with van der Waals surface area (Å²) in [6.07, 6.45) is 0. The molecule has 0 saturated heterocycles. The summed E-state index contributed by atoms with van der Waals surface area (Å²) in [7, 11) is -2.38. The van der Waals surface area contributed by atoms with E-state index in [4.69, 9.17) is 18.5 Å². The molecule has 8 heteroatoms. The average Bonchev–Trinajstić information content (AvgIpc) is 2.42. The van der Waals surface area contributed by atoms with Crippen LogP contribution in [0.1, 0.15) is 27.7 Å². The minimum absolute atomic E-state index is 0.0676. The second-order valence-corrected chi connectivity index (χ2v) is 5.08. The van der Waals surface area contributed by atoms with Crippen molar-refractivity contribution >= 4 is 20.2 Å². The monoisotopic (exact) mass is 309 g/mol. The molecule has 0 aromatic heterocycles. The Balaban J connectivity index is 3.89. The number of hydrogen-bond acceptors (Lipinski definition) is 7. The van der Waals surface area contributed by atoms with E-state index in [1.54, 1.807) is 27.7 Å². The molecule has 0 radical (unpaired) electrons. The fourth-order valence-electron chi connectivity index (χ4n) is 1.09. The van der Waals surface area contributed by atoms with E-state index in [0.717, 1.165) is 0 Å². The van der Waals surface area contributed by atoms with Gasteiger partial charge in [-0.05, 0) is 27.7 Å². The Morgan fingerprint density at radius 3 is 1.55 bits per heavy atom. The summed E-state index contributed by atoms with van der Waals surface area (Å²) in [6.45, 7) is 7.03. The van der Waals surface area contributed by atoms with Crippen molar-refractivity contribution < 1.29 is 32.7 Å². The first-order chi connectivity index (χ1) is 9.42. The zero-order chi connectivity index (χ0) is 15.5. The first kappa shape index (κ1) is 19.0. The van der Waals surface area contributed by atoms with Crippen molar-refractivity contribution in [3.05, 3.63) is 0 Å². The molecule has 0 aromatic carbocycles. The summed E-state index contributed by atoms with van der Waals surface area (Å²) in [5.41, 5.74) is 0. The fraction of sp³-hybridized carbons (Fsp3) is 0.833. The molecule has 0 fully saturated rings. The Labute approximate surface area is 119 Å². The molecule has 0 aliphatic heterocycles. The van der Waals surface area contributed by atoms with E-state index in [-0.39, 0.29) is 26.4 Å². The number of hydrogen-bond donors (Lipinski definition) is 0. The van der Waals surface area contributed by atoms with Gasteiger partial charge >= 0.3 is 20.2 Å². The van der Waals surface area contributed by atoms with Crippen LogP contribution >= 0.6 is 8.25 Å². The summed E-state index contributed by atoms with van der Waals surface area (Å²) in [5, 5.41) is 0. The average molecular weight is 309 g/mol. The van der Waals surface area contributed by atoms with Crippen LogP contribution in [0.15, 0.2) is 0 Å². The molecule has 0 heterocycles. The zero-order valence-corrected chi connectivity index (χ0v) is 13.2. The van der Waals surface area contributed by atoms with Crippen LogP contribution in [-0.2, 0) is 32.7 Å². The van der Waals surface area contributed by atoms with Crippen molar-refractivity contribution in [2.75, 3.05) is 26.4 Å². The molecule has 7 nitrogen and oxygen atoms in total. The van der Waals surface area contributed by atoms with Gasteiger partial charge in [0.15, 0.2) is 0 Å². The molecular weight excluding hydrogens is 287 g/mol. The van der Waals surface area contributed by atoms with Crippen molar-refractivity contribution in [1.29, 1.82) is 0 Å². The van der Waals surface area contributed by atoms with Crippen LogP contribution in [0.2, 0.25) is 0 Å². The molecular formula is C12H22O7P+. The highest BCUT2D eigenvalue weighted by Gasteiger charge is 2.27. The molecule has 0 bridgehead atoms. The van der Waals surface area contributed by atoms with Gasteiger partial charge in [0.25, 0.3) is 0 Å². The quantitative estimate of drug-likeness (QED) is 0.451. The van der Waals surface area contributed by atoms with Gasteiger partial charge in [-0.15, -0.1) is 9.05 Å². The maximum Gasteiger partial charge on any atom is 0.697 e. The van der Waals surface area contributed by atoms with Crippen LogP contribution in [0.25, 0.3) is 0 Å². The Kier molecular flexibility index (Phi) is 10.2. The minimum Gasteiger partial charge on any atom is -0.466 e. The van der Waals surface area contributed by atoms with E-state index in [1.165, 1.54) is 0 Å². The lowest BCUT2D eigenvalue weighted by Crippen LogP contribution is -2.20. The third kappa shape index (κ3) is 8.19. The Bertz CT molecular complexity index is 302. The third-order valence-electron chi connectivity index (χ3n) is 2.24. The Morgan fingerprint density at radius 2 is 1.25 bits per heavy atom. The van der Waals surface area contributed by atoms with E-state index in [0.29, 0.717) is 0 Å². The molecule has 2 unspecified atom stereocenters. The first-order valence-corrected chi connectivity index (χ1v) is 7.58. The number of carbonyl (C=O) groups is 2. The molecule has 0 spiro atoms. The maximum absolute atomic E-state index is 11.4. The van der Waals surface area contributed by atoms with Crippen LogP contribution in [0.3, 0.4) is 0 Å². The highest BCUT2D eigenvalue weighted by atomic mass is 31.1. The van der Waals surface area contributed by atoms with Gasteiger partial charge in [-0.25, -0.2) is 0 Å². The van der Waals surface area contributed by atoms with Crippen LogP contribution < -0.4 is 0 Å². The number of esters is 2. The van der Waals surface area contributed by atoms with Crippen molar-refractivity contribution in [3.63, 3.8) is 0 Å². The SMILES string of the molecule is CCOC(=O)C(C)CO[P+](=O)OCC(C)C(=O)OCC. The fourth-order valence-corrected chi connectivity index (χ4v) is 1.85. The van der Waals surface area contributed by atoms with Crippen molar-refractivity contribution in [2.45, 2.75) is 27.7 Å². The van der Waals surface area contributed by atoms with E-state index >= 15 is 0 Å². The third-order valence-corrected chi connectivity index (χ3v) is 2.96. The molecule has 0 N–H and O–H groups in total. The molecule has 0 aromatic rings. The topological polar surface area (TPSA) is 88.1 Å². The summed E-state index contributed by atoms with van der Waals surface area (Å²) in [4.78, 5) is 22.6. The predicted octanol–water partition coefficient (Wildman–Crippen LogP) is 2.08. The highest BCUT2D eigenvalue weighted by molar-refractivity contribution is 7.33. The van der Waals surface area contributed by atoms with Crippen molar-refractivity contribution in [3.8, 4) is 0 Å². The zero-order valence-electron chi connectivity index (χ0n) is 12.3. The van der Waals surface area contributed by atoms with Gasteiger partial charge in [-0.3, -0.25) is 9.59 Å². The van der Waals surface area contributed by atoms with E-state index in [9.17, 15) is 14.2 Å². The number of rotatable bonds is 10. The molecule has 116 valence electrons.